The topological polar surface area (TPSA) is 31.7 Å². The molecule has 0 N–H and O–H groups in total. The molecule has 24 heavy (non-hydrogen) atoms. The molecule has 4 nitrogen and oxygen atoms in total. The molecule has 0 spiro atoms. The third-order valence-corrected chi connectivity index (χ3v) is 4.27. The van der Waals surface area contributed by atoms with Crippen LogP contribution in [0, 0.1) is 20.8 Å². The summed E-state index contributed by atoms with van der Waals surface area (Å²) in [6.45, 7) is 10.2. The molecule has 0 unspecified atom stereocenters. The highest BCUT2D eigenvalue weighted by atomic mass is 15.2. The monoisotopic (exact) mass is 324 g/mol. The zero-order valence-corrected chi connectivity index (χ0v) is 15.7. The normalized spacial score (nSPS) is 11.1. The van der Waals surface area contributed by atoms with E-state index in [-0.39, 0.29) is 0 Å². The molecule has 4 heteroatoms. The summed E-state index contributed by atoms with van der Waals surface area (Å²) in [5, 5.41) is 0. The van der Waals surface area contributed by atoms with E-state index in [0.29, 0.717) is 0 Å². The zero-order valence-electron chi connectivity index (χ0n) is 15.7. The van der Waals surface area contributed by atoms with Crippen LogP contribution in [0.15, 0.2) is 35.3 Å². The van der Waals surface area contributed by atoms with Crippen molar-refractivity contribution in [3.63, 3.8) is 0 Å². The van der Waals surface area contributed by atoms with Crippen LogP contribution < -0.4 is 4.90 Å². The molecular weight excluding hydrogens is 296 g/mol. The van der Waals surface area contributed by atoms with Crippen LogP contribution in [0.4, 0.5) is 11.5 Å². The Bertz CT molecular complexity index is 722. The Morgan fingerprint density at radius 3 is 2.46 bits per heavy atom. The summed E-state index contributed by atoms with van der Waals surface area (Å²) in [7, 11) is 4.11. The minimum atomic E-state index is 0.848. The van der Waals surface area contributed by atoms with E-state index in [0.717, 1.165) is 35.9 Å². The summed E-state index contributed by atoms with van der Waals surface area (Å²) in [6.07, 6.45) is 1.86. The lowest BCUT2D eigenvalue weighted by atomic mass is 10.1. The van der Waals surface area contributed by atoms with Crippen molar-refractivity contribution in [1.82, 2.24) is 9.88 Å². The van der Waals surface area contributed by atoms with Gasteiger partial charge in [-0.2, -0.15) is 0 Å². The molecule has 0 aliphatic carbocycles. The molecular formula is C20H28N4. The molecule has 128 valence electrons. The van der Waals surface area contributed by atoms with E-state index < -0.39 is 0 Å². The maximum Gasteiger partial charge on any atom is 0.131 e. The quantitative estimate of drug-likeness (QED) is 0.588. The molecule has 0 aliphatic heterocycles. The van der Waals surface area contributed by atoms with Gasteiger partial charge in [0.05, 0.1) is 17.7 Å². The fourth-order valence-corrected chi connectivity index (χ4v) is 2.56. The van der Waals surface area contributed by atoms with E-state index in [1.165, 1.54) is 11.1 Å². The molecule has 1 heterocycles. The van der Waals surface area contributed by atoms with Crippen LogP contribution in [0.1, 0.15) is 29.3 Å². The fourth-order valence-electron chi connectivity index (χ4n) is 2.56. The summed E-state index contributed by atoms with van der Waals surface area (Å²) in [4.78, 5) is 13.6. The highest BCUT2D eigenvalue weighted by molar-refractivity contribution is 5.64. The van der Waals surface area contributed by atoms with Crippen molar-refractivity contribution in [2.24, 2.45) is 4.99 Å². The first kappa shape index (κ1) is 18.0. The second kappa shape index (κ2) is 7.95. The van der Waals surface area contributed by atoms with Crippen molar-refractivity contribution in [1.29, 1.82) is 0 Å². The molecule has 0 radical (unpaired) electrons. The SMILES string of the molecule is CCN(C)C=Nc1cc(C)c(N(C)Cc2ccccc2C)nc1C. The van der Waals surface area contributed by atoms with Gasteiger partial charge < -0.3 is 9.80 Å². The Morgan fingerprint density at radius 2 is 1.79 bits per heavy atom. The van der Waals surface area contributed by atoms with E-state index >= 15 is 0 Å². The van der Waals surface area contributed by atoms with E-state index in [1.54, 1.807) is 0 Å². The standard InChI is InChI=1S/C20H28N4/c1-7-23(5)14-21-19-12-16(3)20(22-17(19)4)24(6)13-18-11-9-8-10-15(18)2/h8-12,14H,7,13H2,1-6H3. The van der Waals surface area contributed by atoms with Crippen molar-refractivity contribution in [3.05, 3.63) is 52.7 Å². The maximum absolute atomic E-state index is 4.80. The smallest absolute Gasteiger partial charge is 0.131 e. The molecule has 2 rings (SSSR count). The Balaban J connectivity index is 2.23. The highest BCUT2D eigenvalue weighted by Gasteiger charge is 2.11. The van der Waals surface area contributed by atoms with Gasteiger partial charge in [0.2, 0.25) is 0 Å². The first-order chi connectivity index (χ1) is 11.4. The first-order valence-electron chi connectivity index (χ1n) is 8.40. The number of aliphatic imine (C=N–C) groups is 1. The highest BCUT2D eigenvalue weighted by Crippen LogP contribution is 2.26. The number of nitrogens with zero attached hydrogens (tertiary/aromatic N) is 4. The minimum absolute atomic E-state index is 0.848. The molecule has 1 aromatic carbocycles. The second-order valence-electron chi connectivity index (χ2n) is 6.33. The van der Waals surface area contributed by atoms with E-state index in [1.807, 2.05) is 25.2 Å². The molecule has 0 atom stereocenters. The molecule has 1 aromatic heterocycles. The van der Waals surface area contributed by atoms with Gasteiger partial charge in [-0.25, -0.2) is 9.98 Å². The number of aromatic nitrogens is 1. The fraction of sp³-hybridized carbons (Fsp3) is 0.400. The molecule has 0 saturated heterocycles. The van der Waals surface area contributed by atoms with Gasteiger partial charge in [-0.05, 0) is 50.5 Å². The van der Waals surface area contributed by atoms with Gasteiger partial charge in [0, 0.05) is 27.2 Å². The van der Waals surface area contributed by atoms with Gasteiger partial charge >= 0.3 is 0 Å². The lowest BCUT2D eigenvalue weighted by Gasteiger charge is -2.22. The van der Waals surface area contributed by atoms with E-state index in [9.17, 15) is 0 Å². The summed E-state index contributed by atoms with van der Waals surface area (Å²) < 4.78 is 0. The third-order valence-electron chi connectivity index (χ3n) is 4.27. The molecule has 0 fully saturated rings. The lowest BCUT2D eigenvalue weighted by Crippen LogP contribution is -2.20. The van der Waals surface area contributed by atoms with Crippen molar-refractivity contribution in [2.75, 3.05) is 25.5 Å². The Morgan fingerprint density at radius 1 is 1.08 bits per heavy atom. The van der Waals surface area contributed by atoms with Gasteiger partial charge in [-0.3, -0.25) is 0 Å². The van der Waals surface area contributed by atoms with Crippen molar-refractivity contribution in [2.45, 2.75) is 34.2 Å². The van der Waals surface area contributed by atoms with E-state index in [2.05, 4.69) is 68.0 Å². The average Bonchev–Trinajstić information content (AvgIpc) is 2.56. The van der Waals surface area contributed by atoms with E-state index in [4.69, 9.17) is 4.98 Å². The van der Waals surface area contributed by atoms with Gasteiger partial charge in [0.1, 0.15) is 5.82 Å². The predicted octanol–water partition coefficient (Wildman–Crippen LogP) is 4.25. The van der Waals surface area contributed by atoms with Crippen LogP contribution in [0.2, 0.25) is 0 Å². The Kier molecular flexibility index (Phi) is 5.96. The van der Waals surface area contributed by atoms with Gasteiger partial charge in [0.25, 0.3) is 0 Å². The summed E-state index contributed by atoms with van der Waals surface area (Å²) in [6, 6.07) is 10.6. The lowest BCUT2D eigenvalue weighted by molar-refractivity contribution is 0.552. The number of hydrogen-bond donors (Lipinski definition) is 0. The third kappa shape index (κ3) is 4.34. The zero-order chi connectivity index (χ0) is 17.7. The van der Waals surface area contributed by atoms with Crippen LogP contribution >= 0.6 is 0 Å². The van der Waals surface area contributed by atoms with Gasteiger partial charge in [-0.1, -0.05) is 24.3 Å². The molecule has 0 bridgehead atoms. The Hall–Kier alpha value is -2.36. The summed E-state index contributed by atoms with van der Waals surface area (Å²) in [5.74, 6) is 1.01. The molecule has 2 aromatic rings. The van der Waals surface area contributed by atoms with Crippen molar-refractivity contribution >= 4 is 17.8 Å². The van der Waals surface area contributed by atoms with Crippen LogP contribution in [-0.2, 0) is 6.54 Å². The molecule has 0 aliphatic rings. The van der Waals surface area contributed by atoms with Crippen LogP contribution in [-0.4, -0.2) is 36.9 Å². The number of benzene rings is 1. The first-order valence-corrected chi connectivity index (χ1v) is 8.40. The average molecular weight is 324 g/mol. The number of aryl methyl sites for hydroxylation is 3. The largest absolute Gasteiger partial charge is 0.366 e. The second-order valence-corrected chi connectivity index (χ2v) is 6.33. The maximum atomic E-state index is 4.80. The number of rotatable bonds is 6. The number of hydrogen-bond acceptors (Lipinski definition) is 3. The van der Waals surface area contributed by atoms with Crippen molar-refractivity contribution < 1.29 is 0 Å². The van der Waals surface area contributed by atoms with Crippen LogP contribution in [0.3, 0.4) is 0 Å². The minimum Gasteiger partial charge on any atom is -0.366 e. The van der Waals surface area contributed by atoms with Crippen molar-refractivity contribution in [3.8, 4) is 0 Å². The molecule has 0 saturated carbocycles. The number of anilines is 1. The predicted molar refractivity (Wildman–Crippen MR) is 103 cm³/mol. The van der Waals surface area contributed by atoms with Crippen LogP contribution in [0.25, 0.3) is 0 Å². The van der Waals surface area contributed by atoms with Gasteiger partial charge in [-0.15, -0.1) is 0 Å². The summed E-state index contributed by atoms with van der Waals surface area (Å²) in [5.41, 5.74) is 5.66. The summed E-state index contributed by atoms with van der Waals surface area (Å²) >= 11 is 0. The molecule has 0 amide bonds. The number of pyridine rings is 1. The van der Waals surface area contributed by atoms with Crippen LogP contribution in [0.5, 0.6) is 0 Å². The van der Waals surface area contributed by atoms with Gasteiger partial charge in [0.15, 0.2) is 0 Å². The Labute approximate surface area is 145 Å².